The fourth-order valence-corrected chi connectivity index (χ4v) is 3.46. The molecule has 6 heteroatoms. The van der Waals surface area contributed by atoms with Gasteiger partial charge >= 0.3 is 0 Å². The first-order valence-electron chi connectivity index (χ1n) is 7.51. The average molecular weight is 327 g/mol. The van der Waals surface area contributed by atoms with Gasteiger partial charge in [-0.05, 0) is 56.0 Å². The average Bonchev–Trinajstić information content (AvgIpc) is 2.91. The molecule has 1 spiro atoms. The summed E-state index contributed by atoms with van der Waals surface area (Å²) >= 11 is 0. The maximum Gasteiger partial charge on any atom is 0.257 e. The number of nitrogens with one attached hydrogen (secondary N) is 1. The second-order valence-electron chi connectivity index (χ2n) is 6.11. The van der Waals surface area contributed by atoms with Crippen LogP contribution in [0.2, 0.25) is 0 Å². The molecule has 3 rings (SSSR count). The SMILES string of the molecule is COc1ccc(O)c(C(=O)N2CCC3(CCNCC3)C2)c1.Cl. The Labute approximate surface area is 137 Å². The summed E-state index contributed by atoms with van der Waals surface area (Å²) in [6.07, 6.45) is 3.31. The number of hydrogen-bond acceptors (Lipinski definition) is 4. The van der Waals surface area contributed by atoms with Gasteiger partial charge in [0.05, 0.1) is 12.7 Å². The summed E-state index contributed by atoms with van der Waals surface area (Å²) in [7, 11) is 1.56. The summed E-state index contributed by atoms with van der Waals surface area (Å²) < 4.78 is 5.14. The molecule has 2 aliphatic heterocycles. The van der Waals surface area contributed by atoms with E-state index in [9.17, 15) is 9.90 Å². The van der Waals surface area contributed by atoms with Crippen molar-refractivity contribution >= 4 is 18.3 Å². The lowest BCUT2D eigenvalue weighted by Crippen LogP contribution is -2.39. The van der Waals surface area contributed by atoms with E-state index in [-0.39, 0.29) is 29.5 Å². The van der Waals surface area contributed by atoms with Gasteiger partial charge in [-0.1, -0.05) is 0 Å². The van der Waals surface area contributed by atoms with Crippen molar-refractivity contribution in [3.8, 4) is 11.5 Å². The Kier molecular flexibility index (Phi) is 5.19. The van der Waals surface area contributed by atoms with Gasteiger partial charge in [0.15, 0.2) is 0 Å². The number of piperidine rings is 1. The summed E-state index contributed by atoms with van der Waals surface area (Å²) in [6.45, 7) is 3.64. The van der Waals surface area contributed by atoms with E-state index < -0.39 is 0 Å². The fraction of sp³-hybridized carbons (Fsp3) is 0.562. The van der Waals surface area contributed by atoms with Crippen LogP contribution in [-0.4, -0.2) is 49.2 Å². The number of ether oxygens (including phenoxy) is 1. The van der Waals surface area contributed by atoms with E-state index in [0.717, 1.165) is 45.4 Å². The number of amides is 1. The number of aromatic hydroxyl groups is 1. The van der Waals surface area contributed by atoms with Gasteiger partial charge in [-0.25, -0.2) is 0 Å². The number of benzene rings is 1. The number of hydrogen-bond donors (Lipinski definition) is 2. The molecule has 1 amide bonds. The van der Waals surface area contributed by atoms with E-state index in [1.807, 2.05) is 4.90 Å². The molecule has 2 aliphatic rings. The van der Waals surface area contributed by atoms with Gasteiger partial charge in [-0.15, -0.1) is 12.4 Å². The number of phenols is 1. The highest BCUT2D eigenvalue weighted by molar-refractivity contribution is 5.97. The normalized spacial score (nSPS) is 19.8. The van der Waals surface area contributed by atoms with Crippen LogP contribution in [0.25, 0.3) is 0 Å². The Balaban J connectivity index is 0.00000176. The number of methoxy groups -OCH3 is 1. The molecule has 0 atom stereocenters. The third kappa shape index (κ3) is 3.15. The number of carbonyl (C=O) groups excluding carboxylic acids is 1. The van der Waals surface area contributed by atoms with Crippen LogP contribution < -0.4 is 10.1 Å². The zero-order valence-electron chi connectivity index (χ0n) is 12.8. The van der Waals surface area contributed by atoms with Crippen LogP contribution in [0.3, 0.4) is 0 Å². The molecule has 0 unspecified atom stereocenters. The lowest BCUT2D eigenvalue weighted by molar-refractivity contribution is 0.0758. The third-order valence-electron chi connectivity index (χ3n) is 4.82. The molecule has 1 aromatic rings. The number of halogens is 1. The second-order valence-corrected chi connectivity index (χ2v) is 6.11. The van der Waals surface area contributed by atoms with Gasteiger partial charge < -0.3 is 20.1 Å². The predicted molar refractivity (Wildman–Crippen MR) is 87.0 cm³/mol. The van der Waals surface area contributed by atoms with Crippen LogP contribution in [0.5, 0.6) is 11.5 Å². The van der Waals surface area contributed by atoms with Gasteiger partial charge in [-0.3, -0.25) is 4.79 Å². The Morgan fingerprint density at radius 1 is 1.32 bits per heavy atom. The van der Waals surface area contributed by atoms with Crippen LogP contribution >= 0.6 is 12.4 Å². The first kappa shape index (κ1) is 16.9. The zero-order valence-corrected chi connectivity index (χ0v) is 13.6. The zero-order chi connectivity index (χ0) is 14.9. The summed E-state index contributed by atoms with van der Waals surface area (Å²) in [6, 6.07) is 4.79. The Hall–Kier alpha value is -1.46. The second kappa shape index (κ2) is 6.75. The summed E-state index contributed by atoms with van der Waals surface area (Å²) in [5.41, 5.74) is 0.607. The Bertz CT molecular complexity index is 544. The minimum absolute atomic E-state index is 0. The van der Waals surface area contributed by atoms with Crippen molar-refractivity contribution < 1.29 is 14.6 Å². The molecule has 1 aromatic carbocycles. The first-order valence-corrected chi connectivity index (χ1v) is 7.51. The standard InChI is InChI=1S/C16H22N2O3.ClH/c1-21-12-2-3-14(19)13(10-12)15(20)18-9-6-16(11-18)4-7-17-8-5-16;/h2-3,10,17,19H,4-9,11H2,1H3;1H. The number of likely N-dealkylation sites (tertiary alicyclic amines) is 1. The van der Waals surface area contributed by atoms with Crippen molar-refractivity contribution in [2.45, 2.75) is 19.3 Å². The molecular formula is C16H23ClN2O3. The molecule has 2 fully saturated rings. The highest BCUT2D eigenvalue weighted by Crippen LogP contribution is 2.39. The molecule has 122 valence electrons. The maximum absolute atomic E-state index is 12.7. The molecule has 0 bridgehead atoms. The molecule has 0 radical (unpaired) electrons. The molecule has 2 N–H and O–H groups in total. The monoisotopic (exact) mass is 326 g/mol. The largest absolute Gasteiger partial charge is 0.507 e. The van der Waals surface area contributed by atoms with Crippen LogP contribution in [0.1, 0.15) is 29.6 Å². The van der Waals surface area contributed by atoms with Gasteiger partial charge in [-0.2, -0.15) is 0 Å². The Morgan fingerprint density at radius 3 is 2.73 bits per heavy atom. The minimum Gasteiger partial charge on any atom is -0.507 e. The highest BCUT2D eigenvalue weighted by Gasteiger charge is 2.41. The molecule has 2 saturated heterocycles. The van der Waals surface area contributed by atoms with E-state index in [0.29, 0.717) is 11.3 Å². The molecule has 0 saturated carbocycles. The van der Waals surface area contributed by atoms with Gasteiger partial charge in [0, 0.05) is 13.1 Å². The van der Waals surface area contributed by atoms with Crippen LogP contribution in [0.4, 0.5) is 0 Å². The smallest absolute Gasteiger partial charge is 0.257 e. The number of carbonyl (C=O) groups is 1. The van der Waals surface area contributed by atoms with Crippen molar-refractivity contribution in [1.29, 1.82) is 0 Å². The Morgan fingerprint density at radius 2 is 2.05 bits per heavy atom. The van der Waals surface area contributed by atoms with Gasteiger partial charge in [0.1, 0.15) is 11.5 Å². The lowest BCUT2D eigenvalue weighted by atomic mass is 9.78. The third-order valence-corrected chi connectivity index (χ3v) is 4.82. The van der Waals surface area contributed by atoms with E-state index in [1.165, 1.54) is 6.07 Å². The number of phenolic OH excluding ortho intramolecular Hbond substituents is 1. The van der Waals surface area contributed by atoms with Crippen molar-refractivity contribution in [3.05, 3.63) is 23.8 Å². The molecule has 2 heterocycles. The topological polar surface area (TPSA) is 61.8 Å². The van der Waals surface area contributed by atoms with Crippen molar-refractivity contribution in [2.24, 2.45) is 5.41 Å². The quantitative estimate of drug-likeness (QED) is 0.873. The van der Waals surface area contributed by atoms with Gasteiger partial charge in [0.2, 0.25) is 0 Å². The number of nitrogens with zero attached hydrogens (tertiary/aromatic N) is 1. The number of rotatable bonds is 2. The highest BCUT2D eigenvalue weighted by atomic mass is 35.5. The van der Waals surface area contributed by atoms with E-state index >= 15 is 0 Å². The molecular weight excluding hydrogens is 304 g/mol. The van der Waals surface area contributed by atoms with Gasteiger partial charge in [0.25, 0.3) is 5.91 Å². The summed E-state index contributed by atoms with van der Waals surface area (Å²) in [5.74, 6) is 0.515. The first-order chi connectivity index (χ1) is 10.1. The summed E-state index contributed by atoms with van der Waals surface area (Å²) in [4.78, 5) is 14.5. The van der Waals surface area contributed by atoms with Crippen molar-refractivity contribution in [2.75, 3.05) is 33.3 Å². The maximum atomic E-state index is 12.7. The molecule has 22 heavy (non-hydrogen) atoms. The van der Waals surface area contributed by atoms with E-state index in [2.05, 4.69) is 5.32 Å². The van der Waals surface area contributed by atoms with Crippen LogP contribution in [0.15, 0.2) is 18.2 Å². The lowest BCUT2D eigenvalue weighted by Gasteiger charge is -2.33. The minimum atomic E-state index is -0.0955. The van der Waals surface area contributed by atoms with Crippen molar-refractivity contribution in [1.82, 2.24) is 10.2 Å². The predicted octanol–water partition coefficient (Wildman–Crippen LogP) is 2.04. The summed E-state index contributed by atoms with van der Waals surface area (Å²) in [5, 5.41) is 13.3. The van der Waals surface area contributed by atoms with Crippen LogP contribution in [0, 0.1) is 5.41 Å². The fourth-order valence-electron chi connectivity index (χ4n) is 3.46. The molecule has 0 aromatic heterocycles. The van der Waals surface area contributed by atoms with Crippen molar-refractivity contribution in [3.63, 3.8) is 0 Å². The molecule has 0 aliphatic carbocycles. The molecule has 5 nitrogen and oxygen atoms in total. The van der Waals surface area contributed by atoms with E-state index in [4.69, 9.17) is 4.74 Å². The van der Waals surface area contributed by atoms with Crippen LogP contribution in [-0.2, 0) is 0 Å². The van der Waals surface area contributed by atoms with E-state index in [1.54, 1.807) is 19.2 Å².